The first-order valence-electron chi connectivity index (χ1n) is 8.48. The van der Waals surface area contributed by atoms with Crippen LogP contribution in [0.5, 0.6) is 11.5 Å². The highest BCUT2D eigenvalue weighted by Gasteiger charge is 2.26. The molecule has 0 aliphatic carbocycles. The average molecular weight is 395 g/mol. The topological polar surface area (TPSA) is 88.6 Å². The van der Waals surface area contributed by atoms with Gasteiger partial charge in [-0.25, -0.2) is 8.42 Å². The van der Waals surface area contributed by atoms with Crippen LogP contribution in [0.15, 0.2) is 65.8 Å². The van der Waals surface area contributed by atoms with Gasteiger partial charge in [-0.1, -0.05) is 6.07 Å². The molecule has 1 amide bonds. The number of fused-ring (bicyclic) bond motifs is 2. The number of nitrogens with one attached hydrogen (secondary N) is 1. The summed E-state index contributed by atoms with van der Waals surface area (Å²) in [5, 5.41) is 0. The molecule has 2 aromatic carbocycles. The van der Waals surface area contributed by atoms with Gasteiger partial charge in [0.2, 0.25) is 0 Å². The normalized spacial score (nSPS) is 13.2. The van der Waals surface area contributed by atoms with Gasteiger partial charge in [-0.15, -0.1) is 0 Å². The number of rotatable bonds is 3. The van der Waals surface area contributed by atoms with Gasteiger partial charge in [0.25, 0.3) is 15.9 Å². The van der Waals surface area contributed by atoms with Crippen LogP contribution in [-0.4, -0.2) is 26.4 Å². The van der Waals surface area contributed by atoms with E-state index >= 15 is 0 Å². The van der Waals surface area contributed by atoms with Crippen LogP contribution in [0.2, 0.25) is 0 Å². The number of amides is 1. The Labute approximate surface area is 162 Å². The van der Waals surface area contributed by atoms with Crippen molar-refractivity contribution < 1.29 is 17.9 Å². The maximum Gasteiger partial charge on any atom is 0.263 e. The Morgan fingerprint density at radius 1 is 1.07 bits per heavy atom. The molecule has 7 nitrogen and oxygen atoms in total. The maximum atomic E-state index is 13.0. The number of hydrogen-bond donors (Lipinski definition) is 1. The third kappa shape index (κ3) is 3.18. The lowest BCUT2D eigenvalue weighted by Gasteiger charge is -2.17. The molecule has 3 aromatic rings. The van der Waals surface area contributed by atoms with E-state index in [-0.39, 0.29) is 22.1 Å². The van der Waals surface area contributed by atoms with Gasteiger partial charge >= 0.3 is 0 Å². The van der Waals surface area contributed by atoms with Crippen molar-refractivity contribution in [1.82, 2.24) is 4.98 Å². The Balaban J connectivity index is 1.72. The molecule has 1 aliphatic rings. The van der Waals surface area contributed by atoms with Crippen LogP contribution in [0.25, 0.3) is 0 Å². The molecule has 0 saturated heterocycles. The van der Waals surface area contributed by atoms with Gasteiger partial charge in [-0.05, 0) is 55.0 Å². The minimum Gasteiger partial charge on any atom is -0.454 e. The fraction of sp³-hybridized carbons (Fsp3) is 0.100. The molecule has 8 heteroatoms. The van der Waals surface area contributed by atoms with E-state index in [1.807, 2.05) is 25.1 Å². The van der Waals surface area contributed by atoms with Gasteiger partial charge < -0.3 is 9.64 Å². The molecule has 4 rings (SSSR count). The molecule has 1 aliphatic heterocycles. The smallest absolute Gasteiger partial charge is 0.263 e. The lowest BCUT2D eigenvalue weighted by molar-refractivity contribution is 0.0993. The summed E-state index contributed by atoms with van der Waals surface area (Å²) in [5.41, 5.74) is 2.18. The summed E-state index contributed by atoms with van der Waals surface area (Å²) < 4.78 is 33.4. The van der Waals surface area contributed by atoms with Crippen molar-refractivity contribution in [3.05, 3.63) is 72.1 Å². The molecule has 0 radical (unpaired) electrons. The highest BCUT2D eigenvalue weighted by Crippen LogP contribution is 2.39. The fourth-order valence-corrected chi connectivity index (χ4v) is 3.97. The third-order valence-corrected chi connectivity index (χ3v) is 5.77. The zero-order valence-corrected chi connectivity index (χ0v) is 16.0. The molecule has 142 valence electrons. The molecule has 0 spiro atoms. The molecule has 0 fully saturated rings. The average Bonchev–Trinajstić information content (AvgIpc) is 2.78. The number of benzene rings is 2. The van der Waals surface area contributed by atoms with Crippen LogP contribution < -0.4 is 14.4 Å². The van der Waals surface area contributed by atoms with Crippen LogP contribution in [0.1, 0.15) is 15.9 Å². The van der Waals surface area contributed by atoms with Crippen molar-refractivity contribution in [1.29, 1.82) is 0 Å². The van der Waals surface area contributed by atoms with Gasteiger partial charge in [0, 0.05) is 25.1 Å². The Hall–Kier alpha value is -3.39. The van der Waals surface area contributed by atoms with E-state index in [0.717, 1.165) is 5.56 Å². The molecule has 2 heterocycles. The van der Waals surface area contributed by atoms with Crippen LogP contribution >= 0.6 is 0 Å². The van der Waals surface area contributed by atoms with Crippen molar-refractivity contribution >= 4 is 27.3 Å². The number of ether oxygens (including phenoxy) is 1. The number of sulfonamides is 1. The zero-order chi connectivity index (χ0) is 19.9. The van der Waals surface area contributed by atoms with Gasteiger partial charge in [0.1, 0.15) is 10.6 Å². The van der Waals surface area contributed by atoms with Crippen molar-refractivity contribution in [2.75, 3.05) is 16.7 Å². The summed E-state index contributed by atoms with van der Waals surface area (Å²) in [7, 11) is -2.16. The summed E-state index contributed by atoms with van der Waals surface area (Å²) in [4.78, 5) is 18.3. The standard InChI is InChI=1S/C20H17N3O4S/c1-13-5-7-19-17(10-13)23(2)20(24)16-11-14(6-8-18(16)27-19)22-28(25,26)15-4-3-9-21-12-15/h3-12,22H,1-2H3. The van der Waals surface area contributed by atoms with Gasteiger partial charge in [0.15, 0.2) is 5.75 Å². The van der Waals surface area contributed by atoms with Crippen molar-refractivity contribution in [2.24, 2.45) is 0 Å². The summed E-state index contributed by atoms with van der Waals surface area (Å²) in [6.07, 6.45) is 2.75. The van der Waals surface area contributed by atoms with Crippen molar-refractivity contribution in [3.8, 4) is 11.5 Å². The quantitative estimate of drug-likeness (QED) is 0.732. The lowest BCUT2D eigenvalue weighted by atomic mass is 10.1. The summed E-state index contributed by atoms with van der Waals surface area (Å²) in [5.74, 6) is 0.634. The molecule has 0 bridgehead atoms. The van der Waals surface area contributed by atoms with E-state index in [1.165, 1.54) is 35.5 Å². The third-order valence-electron chi connectivity index (χ3n) is 4.41. The second kappa shape index (κ2) is 6.65. The number of hydrogen-bond acceptors (Lipinski definition) is 5. The van der Waals surface area contributed by atoms with Crippen LogP contribution in [0.4, 0.5) is 11.4 Å². The number of nitrogens with zero attached hydrogens (tertiary/aromatic N) is 2. The van der Waals surface area contributed by atoms with E-state index in [1.54, 1.807) is 19.2 Å². The zero-order valence-electron chi connectivity index (χ0n) is 15.2. The lowest BCUT2D eigenvalue weighted by Crippen LogP contribution is -2.25. The number of anilines is 2. The van der Waals surface area contributed by atoms with Gasteiger partial charge in [-0.3, -0.25) is 14.5 Å². The summed E-state index contributed by atoms with van der Waals surface area (Å²) in [6.45, 7) is 1.93. The largest absolute Gasteiger partial charge is 0.454 e. The summed E-state index contributed by atoms with van der Waals surface area (Å²) >= 11 is 0. The SMILES string of the molecule is Cc1ccc2c(c1)N(C)C(=O)c1cc(NS(=O)(=O)c3cccnc3)ccc1O2. The Morgan fingerprint density at radius 3 is 2.61 bits per heavy atom. The second-order valence-corrected chi connectivity index (χ2v) is 8.12. The number of carbonyl (C=O) groups excluding carboxylic acids is 1. The Kier molecular flexibility index (Phi) is 4.27. The minimum atomic E-state index is -3.82. The molecule has 28 heavy (non-hydrogen) atoms. The van der Waals surface area contributed by atoms with E-state index < -0.39 is 10.0 Å². The first-order chi connectivity index (χ1) is 13.3. The Bertz CT molecular complexity index is 1180. The predicted molar refractivity (Wildman–Crippen MR) is 105 cm³/mol. The number of pyridine rings is 1. The fourth-order valence-electron chi connectivity index (χ4n) is 2.95. The summed E-state index contributed by atoms with van der Waals surface area (Å²) in [6, 6.07) is 13.2. The first kappa shape index (κ1) is 18.0. The minimum absolute atomic E-state index is 0.0347. The molecule has 0 saturated carbocycles. The number of aromatic nitrogens is 1. The van der Waals surface area contributed by atoms with E-state index in [0.29, 0.717) is 17.2 Å². The molecular weight excluding hydrogens is 378 g/mol. The monoisotopic (exact) mass is 395 g/mol. The van der Waals surface area contributed by atoms with E-state index in [4.69, 9.17) is 4.74 Å². The van der Waals surface area contributed by atoms with Crippen LogP contribution in [-0.2, 0) is 10.0 Å². The molecule has 0 atom stereocenters. The number of carbonyl (C=O) groups is 1. The second-order valence-electron chi connectivity index (χ2n) is 6.44. The maximum absolute atomic E-state index is 13.0. The molecule has 1 aromatic heterocycles. The molecule has 1 N–H and O–H groups in total. The van der Waals surface area contributed by atoms with Gasteiger partial charge in [-0.2, -0.15) is 0 Å². The van der Waals surface area contributed by atoms with Gasteiger partial charge in [0.05, 0.1) is 11.3 Å². The first-order valence-corrected chi connectivity index (χ1v) is 9.97. The molecular formula is C20H17N3O4S. The molecule has 0 unspecified atom stereocenters. The van der Waals surface area contributed by atoms with E-state index in [9.17, 15) is 13.2 Å². The highest BCUT2D eigenvalue weighted by molar-refractivity contribution is 7.92. The predicted octanol–water partition coefficient (Wildman–Crippen LogP) is 3.57. The van der Waals surface area contributed by atoms with E-state index in [2.05, 4.69) is 9.71 Å². The van der Waals surface area contributed by atoms with Crippen molar-refractivity contribution in [2.45, 2.75) is 11.8 Å². The Morgan fingerprint density at radius 2 is 1.86 bits per heavy atom. The van der Waals surface area contributed by atoms with Crippen LogP contribution in [0, 0.1) is 6.92 Å². The number of aryl methyl sites for hydroxylation is 1. The van der Waals surface area contributed by atoms with Crippen molar-refractivity contribution in [3.63, 3.8) is 0 Å². The van der Waals surface area contributed by atoms with Crippen LogP contribution in [0.3, 0.4) is 0 Å². The highest BCUT2D eigenvalue weighted by atomic mass is 32.2.